The molecule has 0 aromatic heterocycles. The molecule has 0 unspecified atom stereocenters. The van der Waals surface area contributed by atoms with Crippen LogP contribution in [0.5, 0.6) is 5.75 Å². The van der Waals surface area contributed by atoms with Crippen molar-refractivity contribution in [3.05, 3.63) is 34.1 Å². The van der Waals surface area contributed by atoms with Crippen LogP contribution in [0.3, 0.4) is 0 Å². The Hall–Kier alpha value is -2.18. The largest absolute Gasteiger partial charge is 0.477 e. The van der Waals surface area contributed by atoms with Gasteiger partial charge in [-0.1, -0.05) is 0 Å². The van der Waals surface area contributed by atoms with Crippen molar-refractivity contribution in [2.24, 2.45) is 11.8 Å². The third kappa shape index (κ3) is 3.52. The number of carbonyl (C=O) groups is 1. The normalized spacial score (nSPS) is 17.4. The summed E-state index contributed by atoms with van der Waals surface area (Å²) in [5.41, 5.74) is -0.352. The lowest BCUT2D eigenvalue weighted by atomic mass is 10.1. The summed E-state index contributed by atoms with van der Waals surface area (Å²) in [6, 6.07) is 3.13. The standard InChI is InChI=1S/C15H17FN2O4/c16-11-5-6-12(18(20)21)13(7-11)22-8-14(19)17-15(9-1-2-9)10-3-4-10/h5-7,9-10,15H,1-4,8H2,(H,17,19). The molecule has 3 rings (SSSR count). The Kier molecular flexibility index (Phi) is 3.96. The van der Waals surface area contributed by atoms with Crippen LogP contribution in [0.4, 0.5) is 10.1 Å². The zero-order valence-electron chi connectivity index (χ0n) is 12.0. The molecule has 1 amide bonds. The van der Waals surface area contributed by atoms with Gasteiger partial charge in [0.2, 0.25) is 5.75 Å². The molecule has 22 heavy (non-hydrogen) atoms. The molecular weight excluding hydrogens is 291 g/mol. The summed E-state index contributed by atoms with van der Waals surface area (Å²) >= 11 is 0. The molecule has 0 aliphatic heterocycles. The summed E-state index contributed by atoms with van der Waals surface area (Å²) in [6.45, 7) is -0.347. The Morgan fingerprint density at radius 1 is 1.36 bits per heavy atom. The van der Waals surface area contributed by atoms with Crippen LogP contribution in [0.1, 0.15) is 25.7 Å². The molecule has 7 heteroatoms. The molecule has 0 atom stereocenters. The van der Waals surface area contributed by atoms with Crippen LogP contribution < -0.4 is 10.1 Å². The Morgan fingerprint density at radius 2 is 2.00 bits per heavy atom. The predicted molar refractivity (Wildman–Crippen MR) is 75.9 cm³/mol. The number of nitrogens with zero attached hydrogens (tertiary/aromatic N) is 1. The fraction of sp³-hybridized carbons (Fsp3) is 0.533. The number of amides is 1. The van der Waals surface area contributed by atoms with Crippen molar-refractivity contribution < 1.29 is 18.8 Å². The monoisotopic (exact) mass is 308 g/mol. The number of halogens is 1. The van der Waals surface area contributed by atoms with E-state index in [2.05, 4.69) is 5.32 Å². The molecule has 2 aliphatic rings. The maximum absolute atomic E-state index is 13.2. The van der Waals surface area contributed by atoms with E-state index in [-0.39, 0.29) is 30.0 Å². The highest BCUT2D eigenvalue weighted by atomic mass is 19.1. The van der Waals surface area contributed by atoms with Gasteiger partial charge in [0.1, 0.15) is 5.82 Å². The van der Waals surface area contributed by atoms with Crippen LogP contribution in [0.2, 0.25) is 0 Å². The van der Waals surface area contributed by atoms with Crippen molar-refractivity contribution in [2.75, 3.05) is 6.61 Å². The quantitative estimate of drug-likeness (QED) is 0.619. The van der Waals surface area contributed by atoms with Crippen molar-refractivity contribution in [3.8, 4) is 5.75 Å². The number of rotatable bonds is 7. The first kappa shape index (κ1) is 14.7. The molecule has 0 heterocycles. The number of carbonyl (C=O) groups excluding carboxylic acids is 1. The van der Waals surface area contributed by atoms with Gasteiger partial charge in [-0.15, -0.1) is 0 Å². The van der Waals surface area contributed by atoms with Gasteiger partial charge in [-0.25, -0.2) is 4.39 Å². The maximum atomic E-state index is 13.2. The first-order valence-electron chi connectivity index (χ1n) is 7.40. The minimum absolute atomic E-state index is 0.193. The van der Waals surface area contributed by atoms with Crippen LogP contribution in [0.25, 0.3) is 0 Å². The highest BCUT2D eigenvalue weighted by Gasteiger charge is 2.42. The number of ether oxygens (including phenoxy) is 1. The molecule has 2 aliphatic carbocycles. The van der Waals surface area contributed by atoms with E-state index in [4.69, 9.17) is 4.74 Å². The van der Waals surface area contributed by atoms with Crippen molar-refractivity contribution >= 4 is 11.6 Å². The van der Waals surface area contributed by atoms with Gasteiger partial charge in [-0.05, 0) is 43.6 Å². The molecule has 2 saturated carbocycles. The molecule has 1 aromatic rings. The molecule has 0 bridgehead atoms. The van der Waals surface area contributed by atoms with Gasteiger partial charge >= 0.3 is 5.69 Å². The highest BCUT2D eigenvalue weighted by Crippen LogP contribution is 2.44. The van der Waals surface area contributed by atoms with Gasteiger partial charge < -0.3 is 10.1 Å². The third-order valence-corrected chi connectivity index (χ3v) is 4.06. The lowest BCUT2D eigenvalue weighted by Crippen LogP contribution is -2.40. The molecule has 1 N–H and O–H groups in total. The first-order chi connectivity index (χ1) is 10.5. The highest BCUT2D eigenvalue weighted by molar-refractivity contribution is 5.78. The fourth-order valence-corrected chi connectivity index (χ4v) is 2.66. The van der Waals surface area contributed by atoms with Crippen molar-refractivity contribution in [2.45, 2.75) is 31.7 Å². The Labute approximate surface area is 126 Å². The van der Waals surface area contributed by atoms with Gasteiger partial charge in [0.25, 0.3) is 5.91 Å². The van der Waals surface area contributed by atoms with Gasteiger partial charge in [-0.2, -0.15) is 0 Å². The van der Waals surface area contributed by atoms with Crippen molar-refractivity contribution in [1.29, 1.82) is 0 Å². The van der Waals surface area contributed by atoms with Crippen LogP contribution in [0, 0.1) is 27.8 Å². The second-order valence-corrected chi connectivity index (χ2v) is 5.93. The fourth-order valence-electron chi connectivity index (χ4n) is 2.66. The predicted octanol–water partition coefficient (Wildman–Crippen LogP) is 2.42. The average molecular weight is 308 g/mol. The minimum Gasteiger partial charge on any atom is -0.477 e. The topological polar surface area (TPSA) is 81.5 Å². The van der Waals surface area contributed by atoms with Gasteiger partial charge in [0, 0.05) is 18.2 Å². The lowest BCUT2D eigenvalue weighted by Gasteiger charge is -2.17. The number of hydrogen-bond acceptors (Lipinski definition) is 4. The first-order valence-corrected chi connectivity index (χ1v) is 7.40. The summed E-state index contributed by atoms with van der Waals surface area (Å²) in [5.74, 6) is -0.0772. The van der Waals surface area contributed by atoms with Crippen LogP contribution in [0.15, 0.2) is 18.2 Å². The summed E-state index contributed by atoms with van der Waals surface area (Å²) in [4.78, 5) is 22.1. The van der Waals surface area contributed by atoms with E-state index in [1.54, 1.807) is 0 Å². The van der Waals surface area contributed by atoms with E-state index in [1.165, 1.54) is 0 Å². The Morgan fingerprint density at radius 3 is 2.55 bits per heavy atom. The van der Waals surface area contributed by atoms with E-state index in [9.17, 15) is 19.3 Å². The number of hydrogen-bond donors (Lipinski definition) is 1. The molecule has 0 spiro atoms. The molecule has 0 saturated heterocycles. The van der Waals surface area contributed by atoms with Crippen molar-refractivity contribution in [1.82, 2.24) is 5.32 Å². The van der Waals surface area contributed by atoms with E-state index in [1.807, 2.05) is 0 Å². The van der Waals surface area contributed by atoms with Crippen molar-refractivity contribution in [3.63, 3.8) is 0 Å². The minimum atomic E-state index is -0.663. The van der Waals surface area contributed by atoms with Gasteiger partial charge in [0.15, 0.2) is 6.61 Å². The molecule has 1 aromatic carbocycles. The smallest absolute Gasteiger partial charge is 0.311 e. The van der Waals surface area contributed by atoms with Gasteiger partial charge in [-0.3, -0.25) is 14.9 Å². The summed E-state index contributed by atoms with van der Waals surface area (Å²) in [5, 5.41) is 13.8. The Bertz CT molecular complexity index is 587. The molecule has 118 valence electrons. The number of nitrogens with one attached hydrogen (secondary N) is 1. The van der Waals surface area contributed by atoms with Crippen LogP contribution in [-0.2, 0) is 4.79 Å². The van der Waals surface area contributed by atoms with E-state index in [0.717, 1.165) is 43.9 Å². The molecule has 0 radical (unpaired) electrons. The zero-order valence-corrected chi connectivity index (χ0v) is 12.0. The molecule has 6 nitrogen and oxygen atoms in total. The van der Waals surface area contributed by atoms with Crippen LogP contribution in [-0.4, -0.2) is 23.5 Å². The number of nitro groups is 1. The van der Waals surface area contributed by atoms with Crippen LogP contribution >= 0.6 is 0 Å². The SMILES string of the molecule is O=C(COc1cc(F)ccc1[N+](=O)[O-])NC(C1CC1)C1CC1. The molecular formula is C15H17FN2O4. The average Bonchev–Trinajstić information content (AvgIpc) is 3.36. The summed E-state index contributed by atoms with van der Waals surface area (Å²) in [6.07, 6.45) is 4.55. The maximum Gasteiger partial charge on any atom is 0.311 e. The van der Waals surface area contributed by atoms with E-state index in [0.29, 0.717) is 11.8 Å². The zero-order chi connectivity index (χ0) is 15.7. The third-order valence-electron chi connectivity index (χ3n) is 4.06. The van der Waals surface area contributed by atoms with E-state index >= 15 is 0 Å². The number of benzene rings is 1. The second kappa shape index (κ2) is 5.90. The summed E-state index contributed by atoms with van der Waals surface area (Å²) < 4.78 is 18.3. The lowest BCUT2D eigenvalue weighted by molar-refractivity contribution is -0.385. The Balaban J connectivity index is 1.58. The molecule has 2 fully saturated rings. The van der Waals surface area contributed by atoms with E-state index < -0.39 is 10.7 Å². The second-order valence-electron chi connectivity index (χ2n) is 5.93. The summed E-state index contributed by atoms with van der Waals surface area (Å²) in [7, 11) is 0. The number of nitro benzene ring substituents is 1. The van der Waals surface area contributed by atoms with Gasteiger partial charge in [0.05, 0.1) is 4.92 Å².